The van der Waals surface area contributed by atoms with E-state index in [-0.39, 0.29) is 37.3 Å². The van der Waals surface area contributed by atoms with Crippen LogP contribution in [-0.2, 0) is 21.7 Å². The minimum atomic E-state index is -0.868. The molecule has 0 bridgehead atoms. The van der Waals surface area contributed by atoms with Crippen LogP contribution in [0.4, 0.5) is 11.4 Å². The zero-order chi connectivity index (χ0) is 35.4. The number of hydrogen-bond donors (Lipinski definition) is 3. The van der Waals surface area contributed by atoms with Crippen molar-refractivity contribution >= 4 is 40.8 Å². The van der Waals surface area contributed by atoms with Crippen molar-refractivity contribution in [3.05, 3.63) is 113 Å². The Hall–Kier alpha value is -4.51. The van der Waals surface area contributed by atoms with E-state index in [4.69, 9.17) is 14.8 Å². The van der Waals surface area contributed by atoms with Crippen molar-refractivity contribution in [1.82, 2.24) is 10.3 Å². The Morgan fingerprint density at radius 3 is 2.63 bits per heavy atom. The highest BCUT2D eigenvalue weighted by Gasteiger charge is 2.21. The highest BCUT2D eigenvalue weighted by atomic mass is 32.2. The molecule has 1 aliphatic heterocycles. The van der Waals surface area contributed by atoms with E-state index in [0.29, 0.717) is 34.9 Å². The van der Waals surface area contributed by atoms with Gasteiger partial charge >= 0.3 is 5.97 Å². The summed E-state index contributed by atoms with van der Waals surface area (Å²) in [5.74, 6) is 0.330. The predicted octanol–water partition coefficient (Wildman–Crippen LogP) is 7.57. The fourth-order valence-corrected chi connectivity index (χ4v) is 7.60. The molecule has 2 heterocycles. The van der Waals surface area contributed by atoms with Crippen LogP contribution in [0, 0.1) is 0 Å². The number of carbonyl (C=O) groups is 3. The number of anilines is 2. The Bertz CT molecular complexity index is 1830. The maximum atomic E-state index is 13.7. The average molecular weight is 707 g/mol. The summed E-state index contributed by atoms with van der Waals surface area (Å²) in [5, 5.41) is 15.4. The van der Waals surface area contributed by atoms with Gasteiger partial charge in [-0.15, -0.1) is 0 Å². The molecule has 1 aromatic heterocycles. The van der Waals surface area contributed by atoms with Crippen LogP contribution in [0.5, 0.6) is 0 Å². The number of ketones is 1. The molecule has 1 aliphatic carbocycles. The number of hydrogen-bond acceptors (Lipinski definition) is 8. The minimum absolute atomic E-state index is 0.000910. The number of amides is 1. The second kappa shape index (κ2) is 18.1. The molecule has 1 fully saturated rings. The first-order valence-corrected chi connectivity index (χ1v) is 19.1. The number of aliphatic carboxylic acids is 1. The van der Waals surface area contributed by atoms with E-state index in [0.717, 1.165) is 67.8 Å². The van der Waals surface area contributed by atoms with E-state index in [9.17, 15) is 14.4 Å². The molecule has 266 valence electrons. The first kappa shape index (κ1) is 36.3. The van der Waals surface area contributed by atoms with Crippen LogP contribution in [0.3, 0.4) is 0 Å². The first-order valence-electron chi connectivity index (χ1n) is 17.9. The number of ether oxygens (including phenoxy) is 1. The van der Waals surface area contributed by atoms with E-state index in [2.05, 4.69) is 51.9 Å². The topological polar surface area (TPSA) is 121 Å². The van der Waals surface area contributed by atoms with E-state index in [1.807, 2.05) is 30.3 Å². The third-order valence-electron chi connectivity index (χ3n) is 9.50. The molecule has 2 aliphatic rings. The summed E-state index contributed by atoms with van der Waals surface area (Å²) in [7, 11) is 0. The predicted molar refractivity (Wildman–Crippen MR) is 204 cm³/mol. The highest BCUT2D eigenvalue weighted by Crippen LogP contribution is 2.34. The van der Waals surface area contributed by atoms with Crippen molar-refractivity contribution in [3.8, 4) is 11.3 Å². The smallest absolute Gasteiger partial charge is 0.305 e. The van der Waals surface area contributed by atoms with Gasteiger partial charge in [-0.3, -0.25) is 19.4 Å². The standard InChI is InChI=1S/C41H46N4O5S/c46-39(27-43-36-13-7-10-30-9-2-3-12-34(30)36)31-16-18-42-38(25-31)35-26-33(45-19-4-1-5-20-45)14-15-37(35)44-41(49)32-11-6-8-29(24-32)28-51-23-22-50-21-17-40(47)48/h2-3,6,8-9,11-12,14-16,18,24-26,36,43H,1,4-5,7,10,13,17,19-23,27-28H2,(H,44,49)(H,47,48)/t36-/m0/s1. The van der Waals surface area contributed by atoms with Gasteiger partial charge < -0.3 is 25.4 Å². The summed E-state index contributed by atoms with van der Waals surface area (Å²) in [6.07, 6.45) is 8.35. The normalized spacial score (nSPS) is 15.6. The number of pyridine rings is 1. The maximum absolute atomic E-state index is 13.7. The lowest BCUT2D eigenvalue weighted by molar-refractivity contribution is -0.138. The molecule has 9 nitrogen and oxygen atoms in total. The third kappa shape index (κ3) is 10.1. The van der Waals surface area contributed by atoms with Gasteiger partial charge in [-0.25, -0.2) is 0 Å². The second-order valence-corrected chi connectivity index (χ2v) is 14.2. The number of nitrogens with zero attached hydrogens (tertiary/aromatic N) is 2. The number of rotatable bonds is 16. The Morgan fingerprint density at radius 1 is 0.902 bits per heavy atom. The molecule has 1 atom stereocenters. The molecule has 3 N–H and O–H groups in total. The number of piperidine rings is 1. The molecular formula is C41H46N4O5S. The van der Waals surface area contributed by atoms with Gasteiger partial charge in [0.25, 0.3) is 5.91 Å². The number of thioether (sulfide) groups is 1. The summed E-state index contributed by atoms with van der Waals surface area (Å²) < 4.78 is 5.38. The SMILES string of the molecule is O=C(O)CCOCCSCc1cccc(C(=O)Nc2ccc(N3CCCCC3)cc2-c2cc(C(=O)CN[C@H]3CCCc4ccccc43)ccn2)c1. The number of benzene rings is 3. The van der Waals surface area contributed by atoms with E-state index < -0.39 is 5.97 Å². The third-order valence-corrected chi connectivity index (χ3v) is 10.5. The van der Waals surface area contributed by atoms with E-state index in [1.54, 1.807) is 30.1 Å². The summed E-state index contributed by atoms with van der Waals surface area (Å²) >= 11 is 1.67. The summed E-state index contributed by atoms with van der Waals surface area (Å²) in [6.45, 7) is 2.86. The van der Waals surface area contributed by atoms with Crippen LogP contribution < -0.4 is 15.5 Å². The van der Waals surface area contributed by atoms with Gasteiger partial charge in [0, 0.05) is 59.2 Å². The molecule has 10 heteroatoms. The van der Waals surface area contributed by atoms with E-state index >= 15 is 0 Å². The van der Waals surface area contributed by atoms with Crippen LogP contribution >= 0.6 is 11.8 Å². The van der Waals surface area contributed by atoms with Gasteiger partial charge in [-0.1, -0.05) is 36.4 Å². The number of carboxylic acid groups (broad SMARTS) is 1. The van der Waals surface area contributed by atoms with Crippen LogP contribution in [0.1, 0.15) is 82.0 Å². The molecule has 4 aromatic rings. The number of nitrogens with one attached hydrogen (secondary N) is 2. The first-order chi connectivity index (χ1) is 24.9. The average Bonchev–Trinajstić information content (AvgIpc) is 3.17. The molecule has 0 saturated carbocycles. The second-order valence-electron chi connectivity index (χ2n) is 13.1. The molecule has 0 spiro atoms. The molecule has 0 radical (unpaired) electrons. The number of aryl methyl sites for hydroxylation is 1. The Labute approximate surface area is 304 Å². The molecule has 1 saturated heterocycles. The fourth-order valence-electron chi connectivity index (χ4n) is 6.80. The van der Waals surface area contributed by atoms with Crippen LogP contribution in [0.2, 0.25) is 0 Å². The molecule has 6 rings (SSSR count). The lowest BCUT2D eigenvalue weighted by atomic mass is 9.87. The lowest BCUT2D eigenvalue weighted by Crippen LogP contribution is -2.30. The van der Waals surface area contributed by atoms with Crippen molar-refractivity contribution in [1.29, 1.82) is 0 Å². The van der Waals surface area contributed by atoms with Crippen molar-refractivity contribution < 1.29 is 24.2 Å². The number of fused-ring (bicyclic) bond motifs is 1. The van der Waals surface area contributed by atoms with Crippen molar-refractivity contribution in [2.45, 2.75) is 56.7 Å². The van der Waals surface area contributed by atoms with Crippen molar-refractivity contribution in [3.63, 3.8) is 0 Å². The Balaban J connectivity index is 1.16. The zero-order valence-electron chi connectivity index (χ0n) is 28.9. The highest BCUT2D eigenvalue weighted by molar-refractivity contribution is 7.98. The van der Waals surface area contributed by atoms with Gasteiger partial charge in [-0.2, -0.15) is 11.8 Å². The van der Waals surface area contributed by atoms with Crippen molar-refractivity contribution in [2.24, 2.45) is 0 Å². The van der Waals surface area contributed by atoms with Gasteiger partial charge in [0.05, 0.1) is 37.6 Å². The monoisotopic (exact) mass is 706 g/mol. The number of carboxylic acids is 1. The van der Waals surface area contributed by atoms with E-state index in [1.165, 1.54) is 17.5 Å². The zero-order valence-corrected chi connectivity index (χ0v) is 29.8. The molecule has 51 heavy (non-hydrogen) atoms. The van der Waals surface area contributed by atoms with Crippen molar-refractivity contribution in [2.75, 3.05) is 48.8 Å². The minimum Gasteiger partial charge on any atom is -0.481 e. The summed E-state index contributed by atoms with van der Waals surface area (Å²) in [5.41, 5.74) is 7.88. The number of carbonyl (C=O) groups excluding carboxylic acids is 2. The molecule has 0 unspecified atom stereocenters. The van der Waals surface area contributed by atoms with Gasteiger partial charge in [0.2, 0.25) is 0 Å². The quantitative estimate of drug-likeness (QED) is 0.0801. The fraction of sp³-hybridized carbons (Fsp3) is 0.366. The molecule has 3 aromatic carbocycles. The number of Topliss-reactive ketones (excluding diaryl/α,β-unsaturated/α-hetero) is 1. The van der Waals surface area contributed by atoms with Crippen LogP contribution in [-0.4, -0.2) is 66.4 Å². The maximum Gasteiger partial charge on any atom is 0.305 e. The largest absolute Gasteiger partial charge is 0.481 e. The Morgan fingerprint density at radius 2 is 1.76 bits per heavy atom. The summed E-state index contributed by atoms with van der Waals surface area (Å²) in [6, 6.07) is 25.9. The van der Waals surface area contributed by atoms with Gasteiger partial charge in [0.15, 0.2) is 5.78 Å². The van der Waals surface area contributed by atoms with Crippen LogP contribution in [0.15, 0.2) is 85.1 Å². The molecule has 1 amide bonds. The number of aromatic nitrogens is 1. The molecular weight excluding hydrogens is 661 g/mol. The lowest BCUT2D eigenvalue weighted by Gasteiger charge is -2.29. The van der Waals surface area contributed by atoms with Crippen LogP contribution in [0.25, 0.3) is 11.3 Å². The Kier molecular flexibility index (Phi) is 12.9. The van der Waals surface area contributed by atoms with Gasteiger partial charge in [-0.05, 0) is 97.7 Å². The van der Waals surface area contributed by atoms with Gasteiger partial charge in [0.1, 0.15) is 0 Å². The summed E-state index contributed by atoms with van der Waals surface area (Å²) in [4.78, 5) is 44.9.